The fourth-order valence-corrected chi connectivity index (χ4v) is 4.44. The molecule has 1 saturated heterocycles. The number of nitrogens with zero attached hydrogens (tertiary/aromatic N) is 1. The van der Waals surface area contributed by atoms with Crippen molar-refractivity contribution in [1.82, 2.24) is 4.90 Å². The number of hydrogen-bond acceptors (Lipinski definition) is 2. The second-order valence-electron chi connectivity index (χ2n) is 8.86. The lowest BCUT2D eigenvalue weighted by Gasteiger charge is -2.48. The maximum absolute atomic E-state index is 12.6. The minimum absolute atomic E-state index is 0.0828. The van der Waals surface area contributed by atoms with E-state index in [-0.39, 0.29) is 29.0 Å². The van der Waals surface area contributed by atoms with Crippen LogP contribution in [0, 0.1) is 30.1 Å². The summed E-state index contributed by atoms with van der Waals surface area (Å²) in [5.41, 5.74) is 0. The molecule has 0 aromatic carbocycles. The van der Waals surface area contributed by atoms with Crippen molar-refractivity contribution in [1.29, 1.82) is 0 Å². The average Bonchev–Trinajstić information content (AvgIpc) is 2.52. The van der Waals surface area contributed by atoms with Crippen molar-refractivity contribution in [2.24, 2.45) is 5.92 Å². The molecule has 0 aliphatic carbocycles. The summed E-state index contributed by atoms with van der Waals surface area (Å²) in [6, 6.07) is -0.107. The van der Waals surface area contributed by atoms with E-state index in [1.165, 1.54) is 19.3 Å². The summed E-state index contributed by atoms with van der Waals surface area (Å²) in [4.78, 5) is 14.3. The largest absolute Gasteiger partial charge is 0.413 e. The molecule has 146 valence electrons. The first kappa shape index (κ1) is 22.8. The second kappa shape index (κ2) is 9.63. The molecule has 1 aliphatic rings. The summed E-state index contributed by atoms with van der Waals surface area (Å²) in [5, 5.41) is 0.118. The van der Waals surface area contributed by atoms with Crippen molar-refractivity contribution >= 4 is 14.2 Å². The van der Waals surface area contributed by atoms with Crippen LogP contribution in [-0.2, 0) is 9.22 Å². The fraction of sp³-hybridized carbons (Fsp3) is 0.773. The Morgan fingerprint density at radius 2 is 1.92 bits per heavy atom. The van der Waals surface area contributed by atoms with Gasteiger partial charge in [0.05, 0.1) is 18.6 Å². The van der Waals surface area contributed by atoms with Gasteiger partial charge in [0.1, 0.15) is 6.04 Å². The van der Waals surface area contributed by atoms with E-state index in [0.29, 0.717) is 6.54 Å². The predicted octanol–water partition coefficient (Wildman–Crippen LogP) is 4.83. The average molecular weight is 376 g/mol. The summed E-state index contributed by atoms with van der Waals surface area (Å²) in [6.45, 7) is 15.6. The van der Waals surface area contributed by atoms with Gasteiger partial charge in [0.2, 0.25) is 5.91 Å². The highest BCUT2D eigenvalue weighted by atomic mass is 28.4. The standard InChI is InChI=1S/C22H37NO2Si/c1-9-11-12-13-14-15-16-19-20(21(24)23(19)17-10-2)18(3)25-26(7,8)22(4,5)6/h2,18-20H,9,11-14,17H2,1,3-8H3/t18-,19-,20-/m1/s1. The van der Waals surface area contributed by atoms with Crippen molar-refractivity contribution in [3.05, 3.63) is 0 Å². The van der Waals surface area contributed by atoms with Gasteiger partial charge in [-0.3, -0.25) is 4.79 Å². The molecule has 0 spiro atoms. The van der Waals surface area contributed by atoms with E-state index >= 15 is 0 Å². The normalized spacial score (nSPS) is 21.5. The molecule has 1 rings (SSSR count). The van der Waals surface area contributed by atoms with Gasteiger partial charge in [0.15, 0.2) is 8.32 Å². The molecule has 3 atom stereocenters. The van der Waals surface area contributed by atoms with Gasteiger partial charge in [-0.25, -0.2) is 0 Å². The number of unbranched alkanes of at least 4 members (excludes halogenated alkanes) is 4. The van der Waals surface area contributed by atoms with E-state index in [9.17, 15) is 4.79 Å². The van der Waals surface area contributed by atoms with E-state index in [1.807, 2.05) is 6.92 Å². The highest BCUT2D eigenvalue weighted by Crippen LogP contribution is 2.40. The Hall–Kier alpha value is -1.23. The van der Waals surface area contributed by atoms with Crippen molar-refractivity contribution in [2.75, 3.05) is 6.54 Å². The smallest absolute Gasteiger partial charge is 0.233 e. The van der Waals surface area contributed by atoms with E-state index in [4.69, 9.17) is 10.8 Å². The maximum Gasteiger partial charge on any atom is 0.233 e. The van der Waals surface area contributed by atoms with Crippen LogP contribution in [0.4, 0.5) is 0 Å². The van der Waals surface area contributed by atoms with E-state index < -0.39 is 8.32 Å². The molecule has 1 fully saturated rings. The zero-order chi connectivity index (χ0) is 20.0. The summed E-state index contributed by atoms with van der Waals surface area (Å²) >= 11 is 0. The Labute approximate surface area is 162 Å². The molecule has 1 heterocycles. The Morgan fingerprint density at radius 1 is 1.27 bits per heavy atom. The Balaban J connectivity index is 2.79. The first-order chi connectivity index (χ1) is 12.1. The summed E-state index contributed by atoms with van der Waals surface area (Å²) in [5.74, 6) is 9.06. The molecule has 0 N–H and O–H groups in total. The molecule has 1 amide bonds. The van der Waals surface area contributed by atoms with Gasteiger partial charge in [0, 0.05) is 6.42 Å². The van der Waals surface area contributed by atoms with Crippen molar-refractivity contribution in [3.8, 4) is 24.2 Å². The number of terminal acetylenes is 1. The maximum atomic E-state index is 12.6. The number of hydrogen-bond donors (Lipinski definition) is 0. The lowest BCUT2D eigenvalue weighted by atomic mass is 9.83. The zero-order valence-electron chi connectivity index (χ0n) is 17.8. The zero-order valence-corrected chi connectivity index (χ0v) is 18.8. The molecule has 0 aromatic rings. The minimum Gasteiger partial charge on any atom is -0.413 e. The molecule has 3 nitrogen and oxygen atoms in total. The van der Waals surface area contributed by atoms with Gasteiger partial charge in [-0.15, -0.1) is 12.3 Å². The molecule has 0 radical (unpaired) electrons. The molecule has 0 unspecified atom stereocenters. The third-order valence-corrected chi connectivity index (χ3v) is 10.3. The van der Waals surface area contributed by atoms with Crippen LogP contribution in [0.5, 0.6) is 0 Å². The van der Waals surface area contributed by atoms with E-state index in [2.05, 4.69) is 58.6 Å². The van der Waals surface area contributed by atoms with Gasteiger partial charge in [-0.1, -0.05) is 58.8 Å². The summed E-state index contributed by atoms with van der Waals surface area (Å²) in [7, 11) is -1.93. The predicted molar refractivity (Wildman–Crippen MR) is 112 cm³/mol. The van der Waals surface area contributed by atoms with Crippen LogP contribution in [0.25, 0.3) is 0 Å². The number of carbonyl (C=O) groups is 1. The van der Waals surface area contributed by atoms with Crippen molar-refractivity contribution in [2.45, 2.75) is 97.0 Å². The SMILES string of the molecule is C#CCN1C(=O)[C@H]([C@@H](C)O[Si](C)(C)C(C)(C)C)[C@H]1C#CCCCCCC. The van der Waals surface area contributed by atoms with Crippen molar-refractivity contribution < 1.29 is 9.22 Å². The van der Waals surface area contributed by atoms with Crippen LogP contribution in [0.15, 0.2) is 0 Å². The van der Waals surface area contributed by atoms with Gasteiger partial charge in [-0.2, -0.15) is 0 Å². The van der Waals surface area contributed by atoms with Crippen molar-refractivity contribution in [3.63, 3.8) is 0 Å². The molecule has 1 aliphatic heterocycles. The van der Waals surface area contributed by atoms with Crippen LogP contribution in [0.1, 0.15) is 66.7 Å². The third kappa shape index (κ3) is 5.63. The molecule has 0 saturated carbocycles. The van der Waals surface area contributed by atoms with Crippen LogP contribution in [0.3, 0.4) is 0 Å². The summed E-state index contributed by atoms with van der Waals surface area (Å²) in [6.07, 6.45) is 11.0. The topological polar surface area (TPSA) is 29.5 Å². The molecule has 4 heteroatoms. The van der Waals surface area contributed by atoms with Gasteiger partial charge >= 0.3 is 0 Å². The van der Waals surface area contributed by atoms with Crippen LogP contribution in [-0.4, -0.2) is 37.8 Å². The van der Waals surface area contributed by atoms with Gasteiger partial charge in [-0.05, 0) is 31.5 Å². The first-order valence-electron chi connectivity index (χ1n) is 9.97. The number of rotatable bonds is 8. The first-order valence-corrected chi connectivity index (χ1v) is 12.9. The molecular weight excluding hydrogens is 338 g/mol. The minimum atomic E-state index is -1.93. The molecule has 26 heavy (non-hydrogen) atoms. The number of carbonyl (C=O) groups excluding carboxylic acids is 1. The fourth-order valence-electron chi connectivity index (χ4n) is 3.01. The van der Waals surface area contributed by atoms with Crippen LogP contribution >= 0.6 is 0 Å². The Bertz CT molecular complexity index is 574. The Kier molecular flexibility index (Phi) is 8.45. The quantitative estimate of drug-likeness (QED) is 0.263. The van der Waals surface area contributed by atoms with E-state index in [0.717, 1.165) is 12.8 Å². The van der Waals surface area contributed by atoms with Crippen LogP contribution in [0.2, 0.25) is 18.1 Å². The van der Waals surface area contributed by atoms with Crippen LogP contribution < -0.4 is 0 Å². The molecule has 0 aromatic heterocycles. The molecule has 0 bridgehead atoms. The second-order valence-corrected chi connectivity index (χ2v) is 13.6. The van der Waals surface area contributed by atoms with E-state index in [1.54, 1.807) is 4.90 Å². The lowest BCUT2D eigenvalue weighted by Crippen LogP contribution is -2.65. The number of β-lactam (4-membered cyclic amide) rings is 1. The highest BCUT2D eigenvalue weighted by molar-refractivity contribution is 6.74. The summed E-state index contributed by atoms with van der Waals surface area (Å²) < 4.78 is 6.46. The number of likely N-dealkylation sites (tertiary alicyclic amines) is 1. The third-order valence-electron chi connectivity index (χ3n) is 5.70. The molecular formula is C22H37NO2Si. The monoisotopic (exact) mass is 375 g/mol. The Morgan fingerprint density at radius 3 is 2.46 bits per heavy atom. The number of amides is 1. The lowest BCUT2D eigenvalue weighted by molar-refractivity contribution is -0.157. The van der Waals surface area contributed by atoms with Gasteiger partial charge in [0.25, 0.3) is 0 Å². The highest BCUT2D eigenvalue weighted by Gasteiger charge is 2.51. The van der Waals surface area contributed by atoms with Gasteiger partial charge < -0.3 is 9.33 Å².